The fraction of sp³-hybridized carbons (Fsp3) is 0.529. The third-order valence-electron chi connectivity index (χ3n) is 4.19. The van der Waals surface area contributed by atoms with Crippen molar-refractivity contribution in [3.63, 3.8) is 0 Å². The lowest BCUT2D eigenvalue weighted by atomic mass is 9.97. The number of benzene rings is 1. The van der Waals surface area contributed by atoms with E-state index in [0.29, 0.717) is 30.3 Å². The van der Waals surface area contributed by atoms with Crippen molar-refractivity contribution in [2.24, 2.45) is 5.92 Å². The van der Waals surface area contributed by atoms with Gasteiger partial charge in [0.25, 0.3) is 0 Å². The van der Waals surface area contributed by atoms with Crippen LogP contribution in [0.4, 0.5) is 0 Å². The monoisotopic (exact) mass is 338 g/mol. The van der Waals surface area contributed by atoms with E-state index in [4.69, 9.17) is 16.3 Å². The third-order valence-corrected chi connectivity index (χ3v) is 4.54. The molecule has 0 bridgehead atoms. The summed E-state index contributed by atoms with van der Waals surface area (Å²) in [6.45, 7) is 3.35. The van der Waals surface area contributed by atoms with Crippen LogP contribution in [0.1, 0.15) is 25.3 Å². The Morgan fingerprint density at radius 3 is 2.87 bits per heavy atom. The van der Waals surface area contributed by atoms with Crippen LogP contribution < -0.4 is 10.1 Å². The third kappa shape index (κ3) is 4.86. The van der Waals surface area contributed by atoms with Gasteiger partial charge in [0.15, 0.2) is 0 Å². The summed E-state index contributed by atoms with van der Waals surface area (Å²) >= 11 is 6.19. The molecule has 1 aliphatic heterocycles. The summed E-state index contributed by atoms with van der Waals surface area (Å²) in [5, 5.41) is 3.59. The zero-order valence-electron chi connectivity index (χ0n) is 13.6. The Morgan fingerprint density at radius 2 is 2.22 bits per heavy atom. The summed E-state index contributed by atoms with van der Waals surface area (Å²) in [5.41, 5.74) is 0.974. The number of hydrogen-bond donors (Lipinski definition) is 1. The van der Waals surface area contributed by atoms with E-state index in [9.17, 15) is 9.59 Å². The van der Waals surface area contributed by atoms with Gasteiger partial charge in [-0.1, -0.05) is 17.7 Å². The van der Waals surface area contributed by atoms with Gasteiger partial charge in [-0.15, -0.1) is 0 Å². The fourth-order valence-corrected chi connectivity index (χ4v) is 3.06. The van der Waals surface area contributed by atoms with Crippen molar-refractivity contribution in [2.45, 2.75) is 26.2 Å². The molecule has 0 aromatic heterocycles. The molecule has 126 valence electrons. The van der Waals surface area contributed by atoms with Gasteiger partial charge in [-0.2, -0.15) is 0 Å². The molecule has 1 aromatic carbocycles. The van der Waals surface area contributed by atoms with E-state index in [-0.39, 0.29) is 17.7 Å². The molecule has 6 heteroatoms. The molecule has 1 saturated heterocycles. The molecule has 5 nitrogen and oxygen atoms in total. The van der Waals surface area contributed by atoms with E-state index in [1.54, 1.807) is 25.0 Å². The molecule has 1 N–H and O–H groups in total. The second-order valence-electron chi connectivity index (χ2n) is 5.80. The van der Waals surface area contributed by atoms with Crippen LogP contribution in [-0.4, -0.2) is 43.5 Å². The average molecular weight is 339 g/mol. The highest BCUT2D eigenvalue weighted by molar-refractivity contribution is 6.31. The number of carbonyl (C=O) groups is 2. The summed E-state index contributed by atoms with van der Waals surface area (Å²) in [6, 6.07) is 5.53. The Labute approximate surface area is 141 Å². The van der Waals surface area contributed by atoms with Crippen LogP contribution in [0.2, 0.25) is 5.02 Å². The standard InChI is InChI=1S/C17H23ClN2O3/c1-12(21)20-9-3-4-14(11-20)17(22)19-8-7-13-5-6-15(23-2)10-16(13)18/h5-6,10,14H,3-4,7-9,11H2,1-2H3,(H,19,22). The van der Waals surface area contributed by atoms with Crippen LogP contribution in [0.25, 0.3) is 0 Å². The summed E-state index contributed by atoms with van der Waals surface area (Å²) in [5.74, 6) is 0.654. The van der Waals surface area contributed by atoms with E-state index in [1.807, 2.05) is 12.1 Å². The molecular weight excluding hydrogens is 316 g/mol. The SMILES string of the molecule is COc1ccc(CCNC(=O)C2CCCN(C(C)=O)C2)c(Cl)c1. The summed E-state index contributed by atoms with van der Waals surface area (Å²) in [7, 11) is 1.60. The largest absolute Gasteiger partial charge is 0.497 e. The number of ether oxygens (including phenoxy) is 1. The smallest absolute Gasteiger partial charge is 0.224 e. The van der Waals surface area contributed by atoms with Crippen LogP contribution in [0, 0.1) is 5.92 Å². The van der Waals surface area contributed by atoms with Crippen molar-refractivity contribution in [1.82, 2.24) is 10.2 Å². The predicted octanol–water partition coefficient (Wildman–Crippen LogP) is 2.27. The molecule has 2 amide bonds. The van der Waals surface area contributed by atoms with E-state index < -0.39 is 0 Å². The van der Waals surface area contributed by atoms with Crippen LogP contribution in [0.5, 0.6) is 5.75 Å². The van der Waals surface area contributed by atoms with Crippen LogP contribution in [0.3, 0.4) is 0 Å². The van der Waals surface area contributed by atoms with Crippen molar-refractivity contribution in [3.05, 3.63) is 28.8 Å². The van der Waals surface area contributed by atoms with Gasteiger partial charge >= 0.3 is 0 Å². The van der Waals surface area contributed by atoms with E-state index in [1.165, 1.54) is 0 Å². The Hall–Kier alpha value is -1.75. The Kier molecular flexibility index (Phi) is 6.28. The molecule has 23 heavy (non-hydrogen) atoms. The zero-order chi connectivity index (χ0) is 16.8. The van der Waals surface area contributed by atoms with Crippen molar-refractivity contribution in [3.8, 4) is 5.75 Å². The highest BCUT2D eigenvalue weighted by Gasteiger charge is 2.26. The van der Waals surface area contributed by atoms with E-state index in [0.717, 1.165) is 24.9 Å². The Bertz CT molecular complexity index is 577. The molecule has 1 aliphatic rings. The quantitative estimate of drug-likeness (QED) is 0.896. The molecular formula is C17H23ClN2O3. The number of nitrogens with zero attached hydrogens (tertiary/aromatic N) is 1. The molecule has 1 heterocycles. The van der Waals surface area contributed by atoms with Crippen molar-refractivity contribution >= 4 is 23.4 Å². The normalized spacial score (nSPS) is 17.7. The van der Waals surface area contributed by atoms with Gasteiger partial charge < -0.3 is 15.0 Å². The second kappa shape index (κ2) is 8.20. The zero-order valence-corrected chi connectivity index (χ0v) is 14.4. The first-order valence-corrected chi connectivity index (χ1v) is 8.24. The maximum Gasteiger partial charge on any atom is 0.224 e. The molecule has 0 aliphatic carbocycles. The van der Waals surface area contributed by atoms with Crippen molar-refractivity contribution < 1.29 is 14.3 Å². The fourth-order valence-electron chi connectivity index (χ4n) is 2.80. The van der Waals surface area contributed by atoms with Gasteiger partial charge in [0.1, 0.15) is 5.75 Å². The molecule has 0 radical (unpaired) electrons. The first kappa shape index (κ1) is 17.6. The summed E-state index contributed by atoms with van der Waals surface area (Å²) in [4.78, 5) is 25.4. The minimum absolute atomic E-state index is 0.0144. The summed E-state index contributed by atoms with van der Waals surface area (Å²) < 4.78 is 5.12. The number of likely N-dealkylation sites (tertiary alicyclic amines) is 1. The lowest BCUT2D eigenvalue weighted by Gasteiger charge is -2.31. The number of nitrogens with one attached hydrogen (secondary N) is 1. The van der Waals surface area contributed by atoms with Crippen LogP contribution >= 0.6 is 11.6 Å². The number of carbonyl (C=O) groups excluding carboxylic acids is 2. The molecule has 0 spiro atoms. The predicted molar refractivity (Wildman–Crippen MR) is 89.7 cm³/mol. The highest BCUT2D eigenvalue weighted by atomic mass is 35.5. The average Bonchev–Trinajstić information content (AvgIpc) is 2.56. The van der Waals surface area contributed by atoms with E-state index >= 15 is 0 Å². The molecule has 1 unspecified atom stereocenters. The molecule has 1 aromatic rings. The maximum atomic E-state index is 12.2. The van der Waals surface area contributed by atoms with Gasteiger partial charge in [0.2, 0.25) is 11.8 Å². The number of amides is 2. The second-order valence-corrected chi connectivity index (χ2v) is 6.21. The van der Waals surface area contributed by atoms with Gasteiger partial charge in [-0.3, -0.25) is 9.59 Å². The van der Waals surface area contributed by atoms with Gasteiger partial charge in [0, 0.05) is 31.6 Å². The number of piperidine rings is 1. The van der Waals surface area contributed by atoms with Crippen molar-refractivity contribution in [1.29, 1.82) is 0 Å². The van der Waals surface area contributed by atoms with Gasteiger partial charge in [-0.05, 0) is 37.0 Å². The minimum atomic E-state index is -0.112. The molecule has 2 rings (SSSR count). The first-order valence-electron chi connectivity index (χ1n) is 7.87. The number of methoxy groups -OCH3 is 1. The lowest BCUT2D eigenvalue weighted by molar-refractivity contribution is -0.133. The van der Waals surface area contributed by atoms with Gasteiger partial charge in [-0.25, -0.2) is 0 Å². The molecule has 0 saturated carbocycles. The van der Waals surface area contributed by atoms with Crippen molar-refractivity contribution in [2.75, 3.05) is 26.7 Å². The molecule has 1 fully saturated rings. The van der Waals surface area contributed by atoms with Gasteiger partial charge in [0.05, 0.1) is 13.0 Å². The van der Waals surface area contributed by atoms with Crippen LogP contribution in [0.15, 0.2) is 18.2 Å². The van der Waals surface area contributed by atoms with Crippen LogP contribution in [-0.2, 0) is 16.0 Å². The number of rotatable bonds is 5. The minimum Gasteiger partial charge on any atom is -0.497 e. The Morgan fingerprint density at radius 1 is 1.43 bits per heavy atom. The van der Waals surface area contributed by atoms with E-state index in [2.05, 4.69) is 5.32 Å². The number of halogens is 1. The Balaban J connectivity index is 1.81. The lowest BCUT2D eigenvalue weighted by Crippen LogP contribution is -2.45. The highest BCUT2D eigenvalue weighted by Crippen LogP contribution is 2.22. The summed E-state index contributed by atoms with van der Waals surface area (Å²) in [6.07, 6.45) is 2.37. The topological polar surface area (TPSA) is 58.6 Å². The maximum absolute atomic E-state index is 12.2. The first-order chi connectivity index (χ1) is 11.0. The molecule has 1 atom stereocenters. The number of hydrogen-bond acceptors (Lipinski definition) is 3.